The predicted molar refractivity (Wildman–Crippen MR) is 61.4 cm³/mol. The van der Waals surface area contributed by atoms with Crippen molar-refractivity contribution in [3.63, 3.8) is 0 Å². The minimum Gasteiger partial charge on any atom is -0.486 e. The summed E-state index contributed by atoms with van der Waals surface area (Å²) < 4.78 is 5.58. The number of hydrogen-bond donors (Lipinski definition) is 0. The Kier molecular flexibility index (Phi) is 4.10. The second-order valence-corrected chi connectivity index (χ2v) is 3.33. The second kappa shape index (κ2) is 5.35. The third kappa shape index (κ3) is 2.94. The lowest BCUT2D eigenvalue weighted by Gasteiger charge is -2.13. The third-order valence-electron chi connectivity index (χ3n) is 2.15. The minimum absolute atomic E-state index is 0.0872. The predicted octanol–water partition coefficient (Wildman–Crippen LogP) is 3.23. The number of ketones is 1. The fourth-order valence-electron chi connectivity index (χ4n) is 1.24. The molecule has 0 aromatic heterocycles. The van der Waals surface area contributed by atoms with Crippen LogP contribution in [0.2, 0.25) is 0 Å². The van der Waals surface area contributed by atoms with Crippen LogP contribution >= 0.6 is 0 Å². The molecule has 0 bridgehead atoms. The first kappa shape index (κ1) is 11.5. The van der Waals surface area contributed by atoms with E-state index >= 15 is 0 Å². The number of benzene rings is 1. The zero-order chi connectivity index (χ0) is 11.3. The lowest BCUT2D eigenvalue weighted by molar-refractivity contribution is 0.0983. The Morgan fingerprint density at radius 2 is 2.20 bits per heavy atom. The lowest BCUT2D eigenvalue weighted by Crippen LogP contribution is -2.10. The first-order valence-corrected chi connectivity index (χ1v) is 5.10. The van der Waals surface area contributed by atoms with E-state index in [4.69, 9.17) is 4.74 Å². The van der Waals surface area contributed by atoms with Gasteiger partial charge in [0.2, 0.25) is 0 Å². The SMILES string of the molecule is C=CC(C)Oc1ccccc1C(=O)CC. The van der Waals surface area contributed by atoms with Crippen LogP contribution < -0.4 is 4.74 Å². The van der Waals surface area contributed by atoms with Gasteiger partial charge in [-0.3, -0.25) is 4.79 Å². The second-order valence-electron chi connectivity index (χ2n) is 3.33. The monoisotopic (exact) mass is 204 g/mol. The van der Waals surface area contributed by atoms with Crippen LogP contribution in [0.15, 0.2) is 36.9 Å². The number of para-hydroxylation sites is 1. The molecular weight excluding hydrogens is 188 g/mol. The van der Waals surface area contributed by atoms with Gasteiger partial charge in [0.15, 0.2) is 5.78 Å². The van der Waals surface area contributed by atoms with Gasteiger partial charge in [-0.15, -0.1) is 0 Å². The van der Waals surface area contributed by atoms with Crippen molar-refractivity contribution in [2.45, 2.75) is 26.4 Å². The standard InChI is InChI=1S/C13H16O2/c1-4-10(3)15-13-9-7-6-8-11(13)12(14)5-2/h4,6-10H,1,5H2,2-3H3. The van der Waals surface area contributed by atoms with Crippen LogP contribution in [0.1, 0.15) is 30.6 Å². The van der Waals surface area contributed by atoms with E-state index in [1.165, 1.54) is 0 Å². The summed E-state index contributed by atoms with van der Waals surface area (Å²) in [6, 6.07) is 7.30. The van der Waals surface area contributed by atoms with E-state index < -0.39 is 0 Å². The van der Waals surface area contributed by atoms with E-state index in [0.29, 0.717) is 17.7 Å². The van der Waals surface area contributed by atoms with E-state index in [2.05, 4.69) is 6.58 Å². The summed E-state index contributed by atoms with van der Waals surface area (Å²) >= 11 is 0. The molecule has 80 valence electrons. The molecule has 0 aliphatic heterocycles. The fourth-order valence-corrected chi connectivity index (χ4v) is 1.24. The molecule has 15 heavy (non-hydrogen) atoms. The molecule has 1 aromatic rings. The number of hydrogen-bond acceptors (Lipinski definition) is 2. The van der Waals surface area contributed by atoms with Crippen molar-refractivity contribution >= 4 is 5.78 Å². The quantitative estimate of drug-likeness (QED) is 0.543. The Hall–Kier alpha value is -1.57. The largest absolute Gasteiger partial charge is 0.486 e. The van der Waals surface area contributed by atoms with E-state index in [-0.39, 0.29) is 11.9 Å². The number of Topliss-reactive ketones (excluding diaryl/α,β-unsaturated/α-hetero) is 1. The number of carbonyl (C=O) groups is 1. The van der Waals surface area contributed by atoms with Crippen LogP contribution in [0.5, 0.6) is 5.75 Å². The van der Waals surface area contributed by atoms with Gasteiger partial charge in [0, 0.05) is 6.42 Å². The van der Waals surface area contributed by atoms with Crippen LogP contribution in [0.4, 0.5) is 0 Å². The van der Waals surface area contributed by atoms with Crippen LogP contribution in [0.3, 0.4) is 0 Å². The summed E-state index contributed by atoms with van der Waals surface area (Å²) in [4.78, 5) is 11.6. The highest BCUT2D eigenvalue weighted by molar-refractivity contribution is 5.98. The Morgan fingerprint density at radius 1 is 1.53 bits per heavy atom. The molecule has 0 aliphatic rings. The summed E-state index contributed by atoms with van der Waals surface area (Å²) in [5.74, 6) is 0.735. The van der Waals surface area contributed by atoms with Gasteiger partial charge >= 0.3 is 0 Å². The molecule has 0 heterocycles. The van der Waals surface area contributed by atoms with Gasteiger partial charge in [0.1, 0.15) is 11.9 Å². The van der Waals surface area contributed by atoms with Crippen molar-refractivity contribution in [2.75, 3.05) is 0 Å². The van der Waals surface area contributed by atoms with Gasteiger partial charge < -0.3 is 4.74 Å². The van der Waals surface area contributed by atoms with Crippen LogP contribution in [0, 0.1) is 0 Å². The molecule has 0 fully saturated rings. The van der Waals surface area contributed by atoms with Crippen LogP contribution in [0.25, 0.3) is 0 Å². The molecule has 0 spiro atoms. The topological polar surface area (TPSA) is 26.3 Å². The molecule has 2 heteroatoms. The zero-order valence-corrected chi connectivity index (χ0v) is 9.19. The van der Waals surface area contributed by atoms with Crippen molar-refractivity contribution < 1.29 is 9.53 Å². The highest BCUT2D eigenvalue weighted by atomic mass is 16.5. The molecule has 1 rings (SSSR count). The van der Waals surface area contributed by atoms with E-state index in [0.717, 1.165) is 0 Å². The summed E-state index contributed by atoms with van der Waals surface area (Å²) in [5, 5.41) is 0. The molecule has 0 saturated carbocycles. The van der Waals surface area contributed by atoms with Crippen molar-refractivity contribution in [3.8, 4) is 5.75 Å². The molecule has 0 aliphatic carbocycles. The van der Waals surface area contributed by atoms with Gasteiger partial charge in [0.25, 0.3) is 0 Å². The minimum atomic E-state index is -0.0872. The van der Waals surface area contributed by atoms with Gasteiger partial charge in [-0.1, -0.05) is 31.7 Å². The molecule has 0 saturated heterocycles. The fraction of sp³-hybridized carbons (Fsp3) is 0.308. The molecule has 0 amide bonds. The molecule has 2 nitrogen and oxygen atoms in total. The first-order valence-electron chi connectivity index (χ1n) is 5.10. The van der Waals surface area contributed by atoms with Gasteiger partial charge in [-0.25, -0.2) is 0 Å². The Morgan fingerprint density at radius 3 is 2.80 bits per heavy atom. The first-order chi connectivity index (χ1) is 7.19. The smallest absolute Gasteiger partial charge is 0.166 e. The van der Waals surface area contributed by atoms with Crippen molar-refractivity contribution in [1.82, 2.24) is 0 Å². The van der Waals surface area contributed by atoms with Crippen molar-refractivity contribution in [3.05, 3.63) is 42.5 Å². The summed E-state index contributed by atoms with van der Waals surface area (Å²) in [6.07, 6.45) is 2.10. The molecule has 1 aromatic carbocycles. The van der Waals surface area contributed by atoms with E-state index in [9.17, 15) is 4.79 Å². The average molecular weight is 204 g/mol. The molecule has 1 atom stereocenters. The Balaban J connectivity index is 2.95. The van der Waals surface area contributed by atoms with Crippen molar-refractivity contribution in [1.29, 1.82) is 0 Å². The maximum Gasteiger partial charge on any atom is 0.166 e. The summed E-state index contributed by atoms with van der Waals surface area (Å²) in [7, 11) is 0. The normalized spacial score (nSPS) is 11.9. The van der Waals surface area contributed by atoms with E-state index in [1.54, 1.807) is 12.1 Å². The molecule has 1 unspecified atom stereocenters. The van der Waals surface area contributed by atoms with Gasteiger partial charge in [0.05, 0.1) is 5.56 Å². The van der Waals surface area contributed by atoms with Crippen LogP contribution in [-0.2, 0) is 0 Å². The highest BCUT2D eigenvalue weighted by Crippen LogP contribution is 2.20. The number of rotatable bonds is 5. The maximum atomic E-state index is 11.6. The average Bonchev–Trinajstić information content (AvgIpc) is 2.28. The van der Waals surface area contributed by atoms with E-state index in [1.807, 2.05) is 32.0 Å². The Bertz CT molecular complexity index is 355. The zero-order valence-electron chi connectivity index (χ0n) is 9.19. The van der Waals surface area contributed by atoms with Crippen molar-refractivity contribution in [2.24, 2.45) is 0 Å². The summed E-state index contributed by atoms with van der Waals surface area (Å²) in [5.41, 5.74) is 0.647. The highest BCUT2D eigenvalue weighted by Gasteiger charge is 2.10. The van der Waals surface area contributed by atoms with Gasteiger partial charge in [-0.2, -0.15) is 0 Å². The van der Waals surface area contributed by atoms with Gasteiger partial charge in [-0.05, 0) is 19.1 Å². The Labute approximate surface area is 90.6 Å². The lowest BCUT2D eigenvalue weighted by atomic mass is 10.1. The molecule has 0 radical (unpaired) electrons. The summed E-state index contributed by atoms with van der Waals surface area (Å²) in [6.45, 7) is 7.37. The molecule has 0 N–H and O–H groups in total. The number of ether oxygens (including phenoxy) is 1. The number of carbonyl (C=O) groups excluding carboxylic acids is 1. The molecular formula is C13H16O2. The van der Waals surface area contributed by atoms with Crippen LogP contribution in [-0.4, -0.2) is 11.9 Å². The maximum absolute atomic E-state index is 11.6. The third-order valence-corrected chi connectivity index (χ3v) is 2.15.